The van der Waals surface area contributed by atoms with Crippen LogP contribution >= 0.6 is 34.2 Å². The van der Waals surface area contributed by atoms with Crippen molar-refractivity contribution in [1.29, 1.82) is 5.41 Å². The second kappa shape index (κ2) is 9.20. The molecule has 0 saturated carbocycles. The lowest BCUT2D eigenvalue weighted by Gasteiger charge is -2.16. The molecule has 0 aliphatic carbocycles. The van der Waals surface area contributed by atoms with Crippen molar-refractivity contribution in [2.75, 3.05) is 5.73 Å². The van der Waals surface area contributed by atoms with Gasteiger partial charge in [0, 0.05) is 16.5 Å². The molecule has 2 aromatic heterocycles. The molecule has 0 unspecified atom stereocenters. The zero-order chi connectivity index (χ0) is 23.8. The molecular weight excluding hydrogens is 568 g/mol. The fourth-order valence-electron chi connectivity index (χ4n) is 3.53. The average molecular weight is 584 g/mol. The number of fused-ring (bicyclic) bond motifs is 1. The maximum Gasteiger partial charge on any atom is 0.417 e. The first-order valence-corrected chi connectivity index (χ1v) is 11.1. The highest BCUT2D eigenvalue weighted by atomic mass is 127. The van der Waals surface area contributed by atoms with E-state index in [4.69, 9.17) is 22.7 Å². The van der Waals surface area contributed by atoms with Gasteiger partial charge in [0.05, 0.1) is 21.8 Å². The number of benzene rings is 2. The topological polar surface area (TPSA) is 105 Å². The monoisotopic (exact) mass is 583 g/mol. The Bertz CT molecular complexity index is 1380. The third-order valence-corrected chi connectivity index (χ3v) is 5.85. The van der Waals surface area contributed by atoms with Crippen molar-refractivity contribution in [3.8, 4) is 11.3 Å². The van der Waals surface area contributed by atoms with Crippen LogP contribution in [0, 0.1) is 5.41 Å². The van der Waals surface area contributed by atoms with E-state index in [0.717, 1.165) is 6.07 Å². The SMILES string of the molecule is N=C(I)c1c(N)ncnc1[NH2+]Cc1cc2cccc(Cl)c2nc1-c1ccccc1C(F)(F)F. The van der Waals surface area contributed by atoms with E-state index in [9.17, 15) is 13.2 Å². The van der Waals surface area contributed by atoms with Gasteiger partial charge in [0.1, 0.15) is 28.0 Å². The third kappa shape index (κ3) is 4.77. The van der Waals surface area contributed by atoms with Crippen LogP contribution in [0.25, 0.3) is 22.2 Å². The quantitative estimate of drug-likeness (QED) is 0.225. The number of para-hydroxylation sites is 1. The van der Waals surface area contributed by atoms with Crippen LogP contribution < -0.4 is 11.1 Å². The molecule has 0 aliphatic rings. The molecule has 0 atom stereocenters. The minimum absolute atomic E-state index is 0.0423. The van der Waals surface area contributed by atoms with Crippen LogP contribution in [-0.2, 0) is 12.7 Å². The van der Waals surface area contributed by atoms with Crippen LogP contribution in [-0.4, -0.2) is 18.7 Å². The highest BCUT2D eigenvalue weighted by Gasteiger charge is 2.34. The molecule has 2 aromatic carbocycles. The molecule has 4 aromatic rings. The zero-order valence-corrected chi connectivity index (χ0v) is 19.7. The predicted molar refractivity (Wildman–Crippen MR) is 130 cm³/mol. The molecule has 6 nitrogen and oxygen atoms in total. The number of anilines is 1. The minimum atomic E-state index is -4.56. The number of rotatable bonds is 5. The van der Waals surface area contributed by atoms with Gasteiger partial charge in [-0.1, -0.05) is 41.9 Å². The Morgan fingerprint density at radius 2 is 1.88 bits per heavy atom. The van der Waals surface area contributed by atoms with Crippen molar-refractivity contribution in [2.24, 2.45) is 0 Å². The van der Waals surface area contributed by atoms with Crippen molar-refractivity contribution < 1.29 is 18.5 Å². The number of nitrogen functional groups attached to an aromatic ring is 1. The lowest BCUT2D eigenvalue weighted by atomic mass is 9.98. The maximum absolute atomic E-state index is 13.8. The lowest BCUT2D eigenvalue weighted by molar-refractivity contribution is -0.592. The molecular formula is C22H16ClF3IN6+. The minimum Gasteiger partial charge on any atom is -0.383 e. The number of aromatic nitrogens is 3. The van der Waals surface area contributed by atoms with E-state index in [-0.39, 0.29) is 27.3 Å². The largest absolute Gasteiger partial charge is 0.417 e. The Morgan fingerprint density at radius 1 is 1.12 bits per heavy atom. The summed E-state index contributed by atoms with van der Waals surface area (Å²) >= 11 is 8.11. The molecule has 2 heterocycles. The first kappa shape index (κ1) is 23.3. The first-order valence-electron chi connectivity index (χ1n) is 9.59. The van der Waals surface area contributed by atoms with Gasteiger partial charge >= 0.3 is 6.18 Å². The van der Waals surface area contributed by atoms with E-state index >= 15 is 0 Å². The van der Waals surface area contributed by atoms with Gasteiger partial charge < -0.3 is 5.73 Å². The van der Waals surface area contributed by atoms with Gasteiger partial charge in [0.2, 0.25) is 5.82 Å². The summed E-state index contributed by atoms with van der Waals surface area (Å²) in [6.07, 6.45) is -3.28. The van der Waals surface area contributed by atoms with E-state index in [1.807, 2.05) is 22.6 Å². The number of nitrogens with one attached hydrogen (secondary N) is 1. The Kier molecular flexibility index (Phi) is 6.50. The van der Waals surface area contributed by atoms with Gasteiger partial charge in [-0.3, -0.25) is 10.7 Å². The Balaban J connectivity index is 1.88. The lowest BCUT2D eigenvalue weighted by Crippen LogP contribution is -2.77. The number of hydrogen-bond donors (Lipinski definition) is 3. The summed E-state index contributed by atoms with van der Waals surface area (Å²) in [5.41, 5.74) is 6.57. The molecule has 0 amide bonds. The molecule has 5 N–H and O–H groups in total. The molecule has 33 heavy (non-hydrogen) atoms. The first-order chi connectivity index (χ1) is 15.7. The number of alkyl halides is 3. The van der Waals surface area contributed by atoms with Gasteiger partial charge in [0.25, 0.3) is 0 Å². The predicted octanol–water partition coefficient (Wildman–Crippen LogP) is 5.10. The number of nitrogens with zero attached hydrogens (tertiary/aromatic N) is 3. The Hall–Kier alpha value is -2.83. The van der Waals surface area contributed by atoms with Crippen molar-refractivity contribution in [1.82, 2.24) is 15.0 Å². The highest BCUT2D eigenvalue weighted by Crippen LogP contribution is 2.38. The van der Waals surface area contributed by atoms with Crippen molar-refractivity contribution in [3.05, 3.63) is 76.6 Å². The summed E-state index contributed by atoms with van der Waals surface area (Å²) in [6.45, 7) is 0.199. The van der Waals surface area contributed by atoms with Crippen LogP contribution in [0.15, 0.2) is 54.9 Å². The summed E-state index contributed by atoms with van der Waals surface area (Å²) in [6, 6.07) is 12.3. The normalized spacial score (nSPS) is 11.7. The fraction of sp³-hybridized carbons (Fsp3) is 0.0909. The number of pyridine rings is 1. The van der Waals surface area contributed by atoms with E-state index in [2.05, 4.69) is 15.0 Å². The van der Waals surface area contributed by atoms with Gasteiger partial charge in [-0.15, -0.1) is 0 Å². The molecule has 0 spiro atoms. The van der Waals surface area contributed by atoms with Gasteiger partial charge in [-0.2, -0.15) is 18.2 Å². The number of nitrogens with two attached hydrogens (primary N) is 2. The summed E-state index contributed by atoms with van der Waals surface area (Å²) in [4.78, 5) is 12.7. The van der Waals surface area contributed by atoms with E-state index in [0.29, 0.717) is 32.9 Å². The second-order valence-corrected chi connectivity index (χ2v) is 8.58. The highest BCUT2D eigenvalue weighted by molar-refractivity contribution is 14.1. The maximum atomic E-state index is 13.8. The van der Waals surface area contributed by atoms with E-state index < -0.39 is 11.7 Å². The van der Waals surface area contributed by atoms with E-state index in [1.165, 1.54) is 24.5 Å². The molecule has 0 fully saturated rings. The summed E-state index contributed by atoms with van der Waals surface area (Å²) < 4.78 is 41.5. The molecule has 4 rings (SSSR count). The van der Waals surface area contributed by atoms with E-state index in [1.54, 1.807) is 29.6 Å². The summed E-state index contributed by atoms with van der Waals surface area (Å²) in [5.74, 6) is 0.574. The standard InChI is InChI=1S/C22H15ClF3IN6/c23-15-7-3-4-11-8-12(9-30-21-16(19(27)28)20(29)31-10-32-21)17(33-18(11)15)13-5-1-2-6-14(13)22(24,25)26/h1-8,10,28H,9H2,(H3,29,30,31,32)/p+1. The fourth-order valence-corrected chi connectivity index (χ4v) is 4.31. The molecule has 168 valence electrons. The Labute approximate surface area is 205 Å². The van der Waals surface area contributed by atoms with Gasteiger partial charge in [-0.05, 0) is 40.8 Å². The molecule has 0 radical (unpaired) electrons. The van der Waals surface area contributed by atoms with Crippen LogP contribution in [0.4, 0.5) is 24.8 Å². The van der Waals surface area contributed by atoms with Crippen molar-refractivity contribution in [2.45, 2.75) is 12.7 Å². The van der Waals surface area contributed by atoms with Gasteiger partial charge in [-0.25, -0.2) is 9.97 Å². The molecule has 0 saturated heterocycles. The summed E-state index contributed by atoms with van der Waals surface area (Å²) in [7, 11) is 0. The number of halogens is 5. The molecule has 0 bridgehead atoms. The van der Waals surface area contributed by atoms with Crippen molar-refractivity contribution in [3.63, 3.8) is 0 Å². The average Bonchev–Trinajstić information content (AvgIpc) is 2.76. The van der Waals surface area contributed by atoms with Crippen LogP contribution in [0.3, 0.4) is 0 Å². The van der Waals surface area contributed by atoms with Crippen LogP contribution in [0.1, 0.15) is 16.7 Å². The third-order valence-electron chi connectivity index (χ3n) is 5.00. The van der Waals surface area contributed by atoms with Gasteiger partial charge in [0.15, 0.2) is 0 Å². The summed E-state index contributed by atoms with van der Waals surface area (Å²) in [5, 5.41) is 10.7. The smallest absolute Gasteiger partial charge is 0.383 e. The zero-order valence-electron chi connectivity index (χ0n) is 16.8. The number of hydrogen-bond acceptors (Lipinski definition) is 5. The van der Waals surface area contributed by atoms with Crippen LogP contribution in [0.2, 0.25) is 5.02 Å². The molecule has 11 heteroatoms. The number of quaternary nitrogens is 1. The Morgan fingerprint density at radius 3 is 2.61 bits per heavy atom. The second-order valence-electron chi connectivity index (χ2n) is 7.09. The molecule has 0 aliphatic heterocycles. The van der Waals surface area contributed by atoms with Crippen LogP contribution in [0.5, 0.6) is 0 Å². The van der Waals surface area contributed by atoms with Crippen molar-refractivity contribution >= 4 is 60.4 Å².